The Morgan fingerprint density at radius 1 is 0.950 bits per heavy atom. The lowest BCUT2D eigenvalue weighted by Crippen LogP contribution is -2.05. The normalized spacial score (nSPS) is 12.4. The molecule has 0 unspecified atom stereocenters. The number of rotatable bonds is 1. The molecule has 0 radical (unpaired) electrons. The van der Waals surface area contributed by atoms with E-state index in [0.717, 1.165) is 23.7 Å². The summed E-state index contributed by atoms with van der Waals surface area (Å²) in [6.45, 7) is 0. The van der Waals surface area contributed by atoms with E-state index >= 15 is 0 Å². The van der Waals surface area contributed by atoms with Crippen molar-refractivity contribution >= 4 is 10.8 Å². The number of benzene rings is 3. The second kappa shape index (κ2) is 4.27. The molecule has 1 aliphatic rings. The average Bonchev–Trinajstić information content (AvgIpc) is 2.52. The summed E-state index contributed by atoms with van der Waals surface area (Å²) in [5.74, 6) is 2.57. The highest BCUT2D eigenvalue weighted by Gasteiger charge is 2.21. The third-order valence-corrected chi connectivity index (χ3v) is 3.86. The minimum atomic E-state index is 0.793. The first-order chi connectivity index (χ1) is 9.86. The predicted molar refractivity (Wildman–Crippen MR) is 79.8 cm³/mol. The van der Waals surface area contributed by atoms with Crippen LogP contribution < -0.4 is 9.47 Å². The average molecular weight is 262 g/mol. The van der Waals surface area contributed by atoms with Crippen molar-refractivity contribution in [2.45, 2.75) is 6.42 Å². The van der Waals surface area contributed by atoms with Crippen molar-refractivity contribution in [1.29, 1.82) is 0 Å². The number of fused-ring (bicyclic) bond motifs is 4. The van der Waals surface area contributed by atoms with Gasteiger partial charge >= 0.3 is 0 Å². The molecule has 2 nitrogen and oxygen atoms in total. The molecule has 0 bridgehead atoms. The maximum absolute atomic E-state index is 6.08. The van der Waals surface area contributed by atoms with Gasteiger partial charge < -0.3 is 9.47 Å². The Labute approximate surface area is 117 Å². The van der Waals surface area contributed by atoms with Crippen LogP contribution in [0.25, 0.3) is 10.8 Å². The van der Waals surface area contributed by atoms with E-state index in [2.05, 4.69) is 36.4 Å². The van der Waals surface area contributed by atoms with E-state index in [9.17, 15) is 0 Å². The van der Waals surface area contributed by atoms with E-state index < -0.39 is 0 Å². The Balaban J connectivity index is 1.93. The molecule has 98 valence electrons. The van der Waals surface area contributed by atoms with Crippen LogP contribution in [-0.4, -0.2) is 7.11 Å². The van der Waals surface area contributed by atoms with Gasteiger partial charge in [-0.15, -0.1) is 0 Å². The zero-order valence-electron chi connectivity index (χ0n) is 11.2. The maximum Gasteiger partial charge on any atom is 0.172 e. The molecular weight excluding hydrogens is 248 g/mol. The SMILES string of the molecule is COc1cccc2c1Oc1ccc3ccccc3c1C2. The highest BCUT2D eigenvalue weighted by atomic mass is 16.5. The predicted octanol–water partition coefficient (Wildman–Crippen LogP) is 4.54. The number of para-hydroxylation sites is 1. The van der Waals surface area contributed by atoms with Crippen LogP contribution in [0.3, 0.4) is 0 Å². The molecule has 0 fully saturated rings. The first-order valence-corrected chi connectivity index (χ1v) is 6.71. The Kier molecular flexibility index (Phi) is 2.43. The third-order valence-electron chi connectivity index (χ3n) is 3.86. The lowest BCUT2D eigenvalue weighted by molar-refractivity contribution is 0.372. The lowest BCUT2D eigenvalue weighted by Gasteiger charge is -2.23. The Morgan fingerprint density at radius 3 is 2.75 bits per heavy atom. The summed E-state index contributed by atoms with van der Waals surface area (Å²) in [5, 5.41) is 2.51. The van der Waals surface area contributed by atoms with Gasteiger partial charge in [-0.1, -0.05) is 42.5 Å². The molecule has 0 saturated heterocycles. The highest BCUT2D eigenvalue weighted by molar-refractivity contribution is 5.88. The summed E-state index contributed by atoms with van der Waals surface area (Å²) < 4.78 is 11.5. The Bertz CT molecular complexity index is 806. The number of hydrogen-bond acceptors (Lipinski definition) is 2. The fourth-order valence-electron chi connectivity index (χ4n) is 2.87. The van der Waals surface area contributed by atoms with Crippen LogP contribution in [0.4, 0.5) is 0 Å². The number of hydrogen-bond donors (Lipinski definition) is 0. The number of methoxy groups -OCH3 is 1. The summed E-state index contributed by atoms with van der Waals surface area (Å²) in [4.78, 5) is 0. The fraction of sp³-hybridized carbons (Fsp3) is 0.111. The first kappa shape index (κ1) is 11.4. The van der Waals surface area contributed by atoms with Gasteiger partial charge in [0.1, 0.15) is 5.75 Å². The van der Waals surface area contributed by atoms with Gasteiger partial charge in [0.05, 0.1) is 7.11 Å². The van der Waals surface area contributed by atoms with Crippen LogP contribution in [0.5, 0.6) is 17.2 Å². The van der Waals surface area contributed by atoms with Crippen molar-refractivity contribution in [1.82, 2.24) is 0 Å². The summed E-state index contributed by atoms with van der Waals surface area (Å²) >= 11 is 0. The second-order valence-electron chi connectivity index (χ2n) is 4.99. The van der Waals surface area contributed by atoms with Gasteiger partial charge in [0.25, 0.3) is 0 Å². The van der Waals surface area contributed by atoms with E-state index in [1.165, 1.54) is 21.9 Å². The summed E-state index contributed by atoms with van der Waals surface area (Å²) in [6, 6.07) is 18.6. The quantitative estimate of drug-likeness (QED) is 0.501. The summed E-state index contributed by atoms with van der Waals surface area (Å²) in [6.07, 6.45) is 0.878. The van der Waals surface area contributed by atoms with Crippen LogP contribution in [-0.2, 0) is 6.42 Å². The number of ether oxygens (including phenoxy) is 2. The molecule has 20 heavy (non-hydrogen) atoms. The zero-order chi connectivity index (χ0) is 13.5. The molecular formula is C18H14O2. The summed E-state index contributed by atoms with van der Waals surface area (Å²) in [7, 11) is 1.68. The van der Waals surface area contributed by atoms with Crippen LogP contribution in [0.1, 0.15) is 11.1 Å². The Hall–Kier alpha value is -2.48. The van der Waals surface area contributed by atoms with Gasteiger partial charge in [-0.3, -0.25) is 0 Å². The van der Waals surface area contributed by atoms with Crippen LogP contribution in [0, 0.1) is 0 Å². The molecule has 0 spiro atoms. The smallest absolute Gasteiger partial charge is 0.172 e. The molecule has 1 heterocycles. The second-order valence-corrected chi connectivity index (χ2v) is 4.99. The molecule has 1 aliphatic heterocycles. The molecule has 0 aromatic heterocycles. The highest BCUT2D eigenvalue weighted by Crippen LogP contribution is 2.44. The van der Waals surface area contributed by atoms with Crippen molar-refractivity contribution in [3.8, 4) is 17.2 Å². The van der Waals surface area contributed by atoms with Gasteiger partial charge in [0.2, 0.25) is 0 Å². The monoisotopic (exact) mass is 262 g/mol. The van der Waals surface area contributed by atoms with Crippen molar-refractivity contribution in [2.75, 3.05) is 7.11 Å². The van der Waals surface area contributed by atoms with Crippen LogP contribution >= 0.6 is 0 Å². The third kappa shape index (κ3) is 1.58. The minimum Gasteiger partial charge on any atom is -0.493 e. The lowest BCUT2D eigenvalue weighted by atomic mass is 9.95. The largest absolute Gasteiger partial charge is 0.493 e. The van der Waals surface area contributed by atoms with Gasteiger partial charge in [-0.2, -0.15) is 0 Å². The van der Waals surface area contributed by atoms with Crippen LogP contribution in [0.2, 0.25) is 0 Å². The van der Waals surface area contributed by atoms with E-state index in [1.54, 1.807) is 7.11 Å². The zero-order valence-corrected chi connectivity index (χ0v) is 11.2. The van der Waals surface area contributed by atoms with Gasteiger partial charge in [0.15, 0.2) is 11.5 Å². The van der Waals surface area contributed by atoms with Crippen LogP contribution in [0.15, 0.2) is 54.6 Å². The molecule has 2 heteroatoms. The van der Waals surface area contributed by atoms with E-state index in [0.29, 0.717) is 0 Å². The van der Waals surface area contributed by atoms with E-state index in [4.69, 9.17) is 9.47 Å². The van der Waals surface area contributed by atoms with E-state index in [-0.39, 0.29) is 0 Å². The topological polar surface area (TPSA) is 18.5 Å². The van der Waals surface area contributed by atoms with Crippen molar-refractivity contribution in [3.63, 3.8) is 0 Å². The fourth-order valence-corrected chi connectivity index (χ4v) is 2.87. The molecule has 0 atom stereocenters. The first-order valence-electron chi connectivity index (χ1n) is 6.71. The Morgan fingerprint density at radius 2 is 1.85 bits per heavy atom. The van der Waals surface area contributed by atoms with Gasteiger partial charge in [-0.05, 0) is 22.9 Å². The standard InChI is InChI=1S/C18H14O2/c1-19-17-8-4-6-13-11-15-14-7-3-2-5-12(14)9-10-16(15)20-18(13)17/h2-10H,11H2,1H3. The molecule has 0 amide bonds. The van der Waals surface area contributed by atoms with Gasteiger partial charge in [-0.25, -0.2) is 0 Å². The van der Waals surface area contributed by atoms with Gasteiger partial charge in [0, 0.05) is 17.5 Å². The molecule has 4 rings (SSSR count). The molecule has 3 aromatic carbocycles. The minimum absolute atomic E-state index is 0.793. The molecule has 0 N–H and O–H groups in total. The van der Waals surface area contributed by atoms with Crippen molar-refractivity contribution in [3.05, 3.63) is 65.7 Å². The molecule has 3 aromatic rings. The maximum atomic E-state index is 6.08. The van der Waals surface area contributed by atoms with Crippen molar-refractivity contribution < 1.29 is 9.47 Å². The van der Waals surface area contributed by atoms with Crippen molar-refractivity contribution in [2.24, 2.45) is 0 Å². The summed E-state index contributed by atoms with van der Waals surface area (Å²) in [5.41, 5.74) is 2.43. The molecule has 0 aliphatic carbocycles. The molecule has 0 saturated carbocycles. The van der Waals surface area contributed by atoms with E-state index in [1.807, 2.05) is 18.2 Å².